The van der Waals surface area contributed by atoms with Crippen LogP contribution in [-0.4, -0.2) is 31.9 Å². The lowest BCUT2D eigenvalue weighted by Crippen LogP contribution is -2.46. The van der Waals surface area contributed by atoms with Crippen molar-refractivity contribution in [2.45, 2.75) is 32.0 Å². The van der Waals surface area contributed by atoms with Crippen LogP contribution < -0.4 is 4.74 Å². The lowest BCUT2D eigenvalue weighted by molar-refractivity contribution is -0.0442. The molecule has 0 saturated heterocycles. The summed E-state index contributed by atoms with van der Waals surface area (Å²) < 4.78 is 24.6. The van der Waals surface area contributed by atoms with Gasteiger partial charge in [0, 0.05) is 23.7 Å². The third kappa shape index (κ3) is 2.93. The van der Waals surface area contributed by atoms with E-state index in [1.54, 1.807) is 18.3 Å². The number of aliphatic hydroxyl groups is 1. The zero-order valence-corrected chi connectivity index (χ0v) is 14.8. The van der Waals surface area contributed by atoms with Gasteiger partial charge in [0.05, 0.1) is 16.7 Å². The summed E-state index contributed by atoms with van der Waals surface area (Å²) in [7, 11) is 0. The number of halogens is 2. The molecule has 134 valence electrons. The number of hydrogen-bond acceptors (Lipinski definition) is 6. The predicted octanol–water partition coefficient (Wildman–Crippen LogP) is 3.67. The van der Waals surface area contributed by atoms with Gasteiger partial charge in [0.15, 0.2) is 0 Å². The fourth-order valence-corrected chi connectivity index (χ4v) is 2.83. The Bertz CT molecular complexity index is 990. The van der Waals surface area contributed by atoms with Gasteiger partial charge in [-0.05, 0) is 38.1 Å². The molecule has 1 aliphatic heterocycles. The van der Waals surface area contributed by atoms with Gasteiger partial charge in [0.25, 0.3) is 5.89 Å². The van der Waals surface area contributed by atoms with Crippen molar-refractivity contribution in [2.24, 2.45) is 0 Å². The Morgan fingerprint density at radius 2 is 2.08 bits per heavy atom. The molecule has 0 bridgehead atoms. The largest absolute Gasteiger partial charge is 0.469 e. The molecule has 1 unspecified atom stereocenters. The monoisotopic (exact) mass is 375 g/mol. The van der Waals surface area contributed by atoms with E-state index in [0.29, 0.717) is 23.4 Å². The molecule has 0 aliphatic carbocycles. The van der Waals surface area contributed by atoms with Crippen molar-refractivity contribution in [3.63, 3.8) is 0 Å². The van der Waals surface area contributed by atoms with E-state index < -0.39 is 17.5 Å². The maximum absolute atomic E-state index is 13.6. The maximum Gasteiger partial charge on any atom is 0.259 e. The summed E-state index contributed by atoms with van der Waals surface area (Å²) in [5.41, 5.74) is 1.10. The first kappa shape index (κ1) is 16.9. The summed E-state index contributed by atoms with van der Waals surface area (Å²) in [6.07, 6.45) is 1.32. The number of benzene rings is 1. The summed E-state index contributed by atoms with van der Waals surface area (Å²) in [5, 5.41) is 14.1. The highest BCUT2D eigenvalue weighted by Crippen LogP contribution is 2.34. The number of aliphatic hydroxyl groups excluding tert-OH is 1. The first-order valence-electron chi connectivity index (χ1n) is 7.99. The SMILES string of the molecule is CC1(C)Oc2ncc(-c3nc(-c4ccc(Cl)c(F)c4)no3)cc2CC1O. The zero-order chi connectivity index (χ0) is 18.5. The van der Waals surface area contributed by atoms with Crippen molar-refractivity contribution in [2.75, 3.05) is 0 Å². The summed E-state index contributed by atoms with van der Waals surface area (Å²) in [5.74, 6) is 0.402. The van der Waals surface area contributed by atoms with Crippen molar-refractivity contribution in [1.82, 2.24) is 15.1 Å². The van der Waals surface area contributed by atoms with Gasteiger partial charge in [-0.3, -0.25) is 0 Å². The molecule has 0 radical (unpaired) electrons. The fraction of sp³-hybridized carbons (Fsp3) is 0.278. The molecule has 3 aromatic rings. The highest BCUT2D eigenvalue weighted by atomic mass is 35.5. The minimum Gasteiger partial charge on any atom is -0.469 e. The van der Waals surface area contributed by atoms with Crippen LogP contribution in [0.25, 0.3) is 22.8 Å². The Morgan fingerprint density at radius 1 is 1.27 bits per heavy atom. The van der Waals surface area contributed by atoms with E-state index in [1.165, 1.54) is 12.1 Å². The lowest BCUT2D eigenvalue weighted by atomic mass is 9.92. The molecule has 26 heavy (non-hydrogen) atoms. The van der Waals surface area contributed by atoms with Crippen LogP contribution >= 0.6 is 11.6 Å². The zero-order valence-electron chi connectivity index (χ0n) is 14.0. The molecule has 0 amide bonds. The lowest BCUT2D eigenvalue weighted by Gasteiger charge is -2.36. The van der Waals surface area contributed by atoms with Crippen LogP contribution in [0.4, 0.5) is 4.39 Å². The quantitative estimate of drug-likeness (QED) is 0.736. The van der Waals surface area contributed by atoms with Gasteiger partial charge >= 0.3 is 0 Å². The Balaban J connectivity index is 1.66. The van der Waals surface area contributed by atoms with Gasteiger partial charge in [-0.2, -0.15) is 4.98 Å². The normalized spacial score (nSPS) is 18.3. The third-order valence-corrected chi connectivity index (χ3v) is 4.66. The van der Waals surface area contributed by atoms with E-state index in [1.807, 2.05) is 13.8 Å². The molecule has 0 spiro atoms. The van der Waals surface area contributed by atoms with Gasteiger partial charge in [-0.15, -0.1) is 0 Å². The molecular weight excluding hydrogens is 361 g/mol. The van der Waals surface area contributed by atoms with Crippen molar-refractivity contribution < 1.29 is 18.8 Å². The maximum atomic E-state index is 13.6. The van der Waals surface area contributed by atoms with Gasteiger partial charge in [0.2, 0.25) is 11.7 Å². The number of rotatable bonds is 2. The summed E-state index contributed by atoms with van der Waals surface area (Å²) in [6.45, 7) is 3.62. The first-order chi connectivity index (χ1) is 12.3. The highest BCUT2D eigenvalue weighted by molar-refractivity contribution is 6.30. The predicted molar refractivity (Wildman–Crippen MR) is 92.4 cm³/mol. The number of aromatic nitrogens is 3. The molecule has 6 nitrogen and oxygen atoms in total. The van der Waals surface area contributed by atoms with Crippen molar-refractivity contribution in [1.29, 1.82) is 0 Å². The number of pyridine rings is 1. The first-order valence-corrected chi connectivity index (χ1v) is 8.37. The van der Waals surface area contributed by atoms with Gasteiger partial charge < -0.3 is 14.4 Å². The van der Waals surface area contributed by atoms with Crippen LogP contribution in [0.2, 0.25) is 5.02 Å². The Morgan fingerprint density at radius 3 is 2.85 bits per heavy atom. The number of nitrogens with zero attached hydrogens (tertiary/aromatic N) is 3. The topological polar surface area (TPSA) is 81.3 Å². The third-order valence-electron chi connectivity index (χ3n) is 4.35. The molecule has 8 heteroatoms. The van der Waals surface area contributed by atoms with Gasteiger partial charge in [0.1, 0.15) is 11.4 Å². The van der Waals surface area contributed by atoms with E-state index in [2.05, 4.69) is 15.1 Å². The molecule has 2 aromatic heterocycles. The van der Waals surface area contributed by atoms with E-state index in [4.69, 9.17) is 20.9 Å². The van der Waals surface area contributed by atoms with Crippen LogP contribution in [-0.2, 0) is 6.42 Å². The minimum absolute atomic E-state index is 0.0258. The molecule has 0 fully saturated rings. The summed E-state index contributed by atoms with van der Waals surface area (Å²) in [4.78, 5) is 8.58. The molecule has 0 saturated carbocycles. The average molecular weight is 376 g/mol. The molecule has 1 aromatic carbocycles. The molecule has 1 aliphatic rings. The highest BCUT2D eigenvalue weighted by Gasteiger charge is 2.36. The fourth-order valence-electron chi connectivity index (χ4n) is 2.72. The molecular formula is C18H15ClFN3O3. The number of ether oxygens (including phenoxy) is 1. The molecule has 1 atom stereocenters. The van der Waals surface area contributed by atoms with Gasteiger partial charge in [-0.1, -0.05) is 16.8 Å². The van der Waals surface area contributed by atoms with Crippen LogP contribution in [0.3, 0.4) is 0 Å². The Kier molecular flexibility index (Phi) is 3.93. The minimum atomic E-state index is -0.697. The smallest absolute Gasteiger partial charge is 0.259 e. The Labute approximate surface area is 153 Å². The van der Waals surface area contributed by atoms with Crippen LogP contribution in [0.15, 0.2) is 35.0 Å². The molecule has 1 N–H and O–H groups in total. The molecule has 4 rings (SSSR count). The van der Waals surface area contributed by atoms with Crippen molar-refractivity contribution in [3.05, 3.63) is 46.9 Å². The van der Waals surface area contributed by atoms with Crippen molar-refractivity contribution in [3.8, 4) is 28.7 Å². The number of fused-ring (bicyclic) bond motifs is 1. The number of hydrogen-bond donors (Lipinski definition) is 1. The van der Waals surface area contributed by atoms with Crippen molar-refractivity contribution >= 4 is 11.6 Å². The van der Waals surface area contributed by atoms with E-state index >= 15 is 0 Å². The molecule has 3 heterocycles. The second kappa shape index (κ2) is 6.03. The van der Waals surface area contributed by atoms with Crippen LogP contribution in [0.1, 0.15) is 19.4 Å². The second-order valence-electron chi connectivity index (χ2n) is 6.67. The summed E-state index contributed by atoms with van der Waals surface area (Å²) >= 11 is 5.69. The Hall–Kier alpha value is -2.51. The van der Waals surface area contributed by atoms with Crippen LogP contribution in [0, 0.1) is 5.82 Å². The van der Waals surface area contributed by atoms with E-state index in [0.717, 1.165) is 5.56 Å². The van der Waals surface area contributed by atoms with E-state index in [9.17, 15) is 9.50 Å². The van der Waals surface area contributed by atoms with E-state index in [-0.39, 0.29) is 16.7 Å². The standard InChI is InChI=1S/C18H15ClFN3O3/c1-18(2)14(24)7-10-5-11(8-21-16(10)25-18)17-22-15(23-26-17)9-3-4-12(19)13(20)6-9/h3-6,8,14,24H,7H2,1-2H3. The average Bonchev–Trinajstić information content (AvgIpc) is 3.08. The second-order valence-corrected chi connectivity index (χ2v) is 7.07. The summed E-state index contributed by atoms with van der Waals surface area (Å²) in [6, 6.07) is 6.08. The van der Waals surface area contributed by atoms with Crippen LogP contribution in [0.5, 0.6) is 5.88 Å². The van der Waals surface area contributed by atoms with Gasteiger partial charge in [-0.25, -0.2) is 9.37 Å².